The lowest BCUT2D eigenvalue weighted by molar-refractivity contribution is -0.160. The maximum absolute atomic E-state index is 13.1. The summed E-state index contributed by atoms with van der Waals surface area (Å²) in [5.74, 6) is -0.844. The SMILES string of the molecule is CC(=O)c1ncc(Cl)c(CC(=O)N2CCC3C(CC(F)(F)F)CCCC3C2C)c1Cl. The third kappa shape index (κ3) is 4.93. The molecule has 1 saturated heterocycles. The van der Waals surface area contributed by atoms with Gasteiger partial charge in [0.05, 0.1) is 16.5 Å². The number of piperidine rings is 1. The number of pyridine rings is 1. The summed E-state index contributed by atoms with van der Waals surface area (Å²) >= 11 is 12.5. The van der Waals surface area contributed by atoms with Crippen molar-refractivity contribution in [2.24, 2.45) is 17.8 Å². The summed E-state index contributed by atoms with van der Waals surface area (Å²) in [4.78, 5) is 30.4. The van der Waals surface area contributed by atoms with E-state index in [1.54, 1.807) is 4.90 Å². The largest absolute Gasteiger partial charge is 0.389 e. The molecule has 9 heteroatoms. The molecule has 2 aliphatic rings. The Kier molecular flexibility index (Phi) is 7.02. The lowest BCUT2D eigenvalue weighted by Gasteiger charge is -2.49. The highest BCUT2D eigenvalue weighted by Gasteiger charge is 2.46. The number of rotatable bonds is 4. The fourth-order valence-electron chi connectivity index (χ4n) is 5.23. The van der Waals surface area contributed by atoms with Gasteiger partial charge in [-0.1, -0.05) is 29.6 Å². The number of nitrogens with zero attached hydrogens (tertiary/aromatic N) is 2. The van der Waals surface area contributed by atoms with Crippen LogP contribution < -0.4 is 0 Å². The lowest BCUT2D eigenvalue weighted by Crippen LogP contribution is -2.53. The Balaban J connectivity index is 1.75. The predicted molar refractivity (Wildman–Crippen MR) is 109 cm³/mol. The van der Waals surface area contributed by atoms with Gasteiger partial charge in [0.15, 0.2) is 5.78 Å². The number of halogens is 5. The van der Waals surface area contributed by atoms with Crippen LogP contribution in [0.4, 0.5) is 13.2 Å². The van der Waals surface area contributed by atoms with Crippen LogP contribution in [0.25, 0.3) is 0 Å². The summed E-state index contributed by atoms with van der Waals surface area (Å²) in [6.45, 7) is 3.66. The summed E-state index contributed by atoms with van der Waals surface area (Å²) in [6, 6.07) is -0.154. The van der Waals surface area contributed by atoms with Crippen LogP contribution >= 0.6 is 23.2 Å². The van der Waals surface area contributed by atoms with Crippen LogP contribution in [-0.2, 0) is 11.2 Å². The number of alkyl halides is 3. The molecule has 3 rings (SSSR count). The molecule has 0 bridgehead atoms. The first-order chi connectivity index (χ1) is 14.0. The van der Waals surface area contributed by atoms with Gasteiger partial charge < -0.3 is 4.90 Å². The van der Waals surface area contributed by atoms with Gasteiger partial charge in [0.25, 0.3) is 0 Å². The number of ketones is 1. The maximum Gasteiger partial charge on any atom is 0.389 e. The Bertz CT molecular complexity index is 831. The third-order valence-electron chi connectivity index (χ3n) is 6.63. The van der Waals surface area contributed by atoms with Gasteiger partial charge in [-0.15, -0.1) is 0 Å². The summed E-state index contributed by atoms with van der Waals surface area (Å²) in [5.41, 5.74) is 0.425. The number of carbonyl (C=O) groups excluding carboxylic acids is 2. The molecule has 2 heterocycles. The van der Waals surface area contributed by atoms with Crippen molar-refractivity contribution in [3.05, 3.63) is 27.5 Å². The maximum atomic E-state index is 13.1. The third-order valence-corrected chi connectivity index (χ3v) is 7.36. The highest BCUT2D eigenvalue weighted by Crippen LogP contribution is 2.47. The van der Waals surface area contributed by atoms with Crippen molar-refractivity contribution in [2.45, 2.75) is 64.6 Å². The lowest BCUT2D eigenvalue weighted by atomic mass is 9.65. The van der Waals surface area contributed by atoms with E-state index in [1.165, 1.54) is 13.1 Å². The van der Waals surface area contributed by atoms with E-state index >= 15 is 0 Å². The molecular formula is C21H25Cl2F3N2O2. The van der Waals surface area contributed by atoms with Crippen LogP contribution in [0.3, 0.4) is 0 Å². The van der Waals surface area contributed by atoms with Gasteiger partial charge >= 0.3 is 6.18 Å². The minimum atomic E-state index is -4.16. The van der Waals surface area contributed by atoms with Crippen molar-refractivity contribution in [3.63, 3.8) is 0 Å². The molecule has 30 heavy (non-hydrogen) atoms. The normalized spacial score (nSPS) is 27.0. The van der Waals surface area contributed by atoms with E-state index in [0.717, 1.165) is 12.8 Å². The van der Waals surface area contributed by atoms with Crippen molar-refractivity contribution >= 4 is 34.9 Å². The molecule has 0 spiro atoms. The minimum Gasteiger partial charge on any atom is -0.339 e. The van der Waals surface area contributed by atoms with Gasteiger partial charge in [-0.25, -0.2) is 4.98 Å². The summed E-state index contributed by atoms with van der Waals surface area (Å²) in [6.07, 6.45) is -0.931. The van der Waals surface area contributed by atoms with E-state index in [1.807, 2.05) is 6.92 Å². The molecule has 2 fully saturated rings. The van der Waals surface area contributed by atoms with E-state index in [-0.39, 0.29) is 57.6 Å². The topological polar surface area (TPSA) is 50.3 Å². The van der Waals surface area contributed by atoms with Crippen molar-refractivity contribution in [3.8, 4) is 0 Å². The second-order valence-electron chi connectivity index (χ2n) is 8.43. The molecule has 4 unspecified atom stereocenters. The Morgan fingerprint density at radius 2 is 1.90 bits per heavy atom. The molecule has 166 valence electrons. The predicted octanol–water partition coefficient (Wildman–Crippen LogP) is 5.74. The number of fused-ring (bicyclic) bond motifs is 1. The number of hydrogen-bond acceptors (Lipinski definition) is 3. The fraction of sp³-hybridized carbons (Fsp3) is 0.667. The number of amides is 1. The van der Waals surface area contributed by atoms with Crippen LogP contribution in [0, 0.1) is 17.8 Å². The quantitative estimate of drug-likeness (QED) is 0.533. The van der Waals surface area contributed by atoms with Crippen LogP contribution in [0.2, 0.25) is 10.0 Å². The second kappa shape index (κ2) is 9.03. The summed E-state index contributed by atoms with van der Waals surface area (Å²) in [7, 11) is 0. The average molecular weight is 465 g/mol. The van der Waals surface area contributed by atoms with E-state index in [2.05, 4.69) is 4.98 Å². The Morgan fingerprint density at radius 3 is 2.53 bits per heavy atom. The van der Waals surface area contributed by atoms with Gasteiger partial charge in [0, 0.05) is 37.7 Å². The Morgan fingerprint density at radius 1 is 1.20 bits per heavy atom. The van der Waals surface area contributed by atoms with Gasteiger partial charge in [0.1, 0.15) is 5.69 Å². The standard InChI is InChI=1S/C21H25Cl2F3N2O2/c1-11-14-5-3-4-13(9-21(24,25)26)15(14)6-7-28(11)18(30)8-16-17(22)10-27-20(12(2)29)19(16)23/h10-11,13-15H,3-9H2,1-2H3. The highest BCUT2D eigenvalue weighted by molar-refractivity contribution is 6.38. The zero-order valence-corrected chi connectivity index (χ0v) is 18.4. The Labute approximate surface area is 184 Å². The zero-order chi connectivity index (χ0) is 22.2. The Hall–Kier alpha value is -1.34. The molecule has 4 atom stereocenters. The van der Waals surface area contributed by atoms with Crippen molar-refractivity contribution in [1.29, 1.82) is 0 Å². The van der Waals surface area contributed by atoms with Crippen LogP contribution in [0.1, 0.15) is 62.0 Å². The summed E-state index contributed by atoms with van der Waals surface area (Å²) in [5, 5.41) is 0.289. The van der Waals surface area contributed by atoms with Crippen LogP contribution in [0.15, 0.2) is 6.20 Å². The molecule has 0 N–H and O–H groups in total. The first kappa shape index (κ1) is 23.3. The molecular weight excluding hydrogens is 440 g/mol. The number of Topliss-reactive ketones (excluding diaryl/α,β-unsaturated/α-hetero) is 1. The smallest absolute Gasteiger partial charge is 0.339 e. The second-order valence-corrected chi connectivity index (χ2v) is 9.22. The van der Waals surface area contributed by atoms with E-state index in [4.69, 9.17) is 23.2 Å². The van der Waals surface area contributed by atoms with Gasteiger partial charge in [-0.05, 0) is 43.9 Å². The number of carbonyl (C=O) groups is 2. The average Bonchev–Trinajstić information content (AvgIpc) is 2.64. The van der Waals surface area contributed by atoms with Crippen molar-refractivity contribution < 1.29 is 22.8 Å². The molecule has 4 nitrogen and oxygen atoms in total. The molecule has 1 aromatic heterocycles. The molecule has 1 aromatic rings. The molecule has 0 aromatic carbocycles. The monoisotopic (exact) mass is 464 g/mol. The van der Waals surface area contributed by atoms with Crippen molar-refractivity contribution in [2.75, 3.05) is 6.54 Å². The highest BCUT2D eigenvalue weighted by atomic mass is 35.5. The number of hydrogen-bond donors (Lipinski definition) is 0. The van der Waals surface area contributed by atoms with Gasteiger partial charge in [-0.3, -0.25) is 9.59 Å². The van der Waals surface area contributed by atoms with Crippen LogP contribution in [-0.4, -0.2) is 40.3 Å². The molecule has 1 aliphatic heterocycles. The molecule has 1 aliphatic carbocycles. The summed E-state index contributed by atoms with van der Waals surface area (Å²) < 4.78 is 39.0. The fourth-order valence-corrected chi connectivity index (χ4v) is 5.84. The zero-order valence-electron chi connectivity index (χ0n) is 16.9. The van der Waals surface area contributed by atoms with E-state index < -0.39 is 12.6 Å². The van der Waals surface area contributed by atoms with E-state index in [9.17, 15) is 22.8 Å². The van der Waals surface area contributed by atoms with E-state index in [0.29, 0.717) is 24.9 Å². The molecule has 0 radical (unpaired) electrons. The van der Waals surface area contributed by atoms with Crippen LogP contribution in [0.5, 0.6) is 0 Å². The van der Waals surface area contributed by atoms with Crippen molar-refractivity contribution in [1.82, 2.24) is 9.88 Å². The molecule has 1 amide bonds. The van der Waals surface area contributed by atoms with Gasteiger partial charge in [0.2, 0.25) is 5.91 Å². The first-order valence-corrected chi connectivity index (χ1v) is 10.9. The molecule has 1 saturated carbocycles. The number of aromatic nitrogens is 1. The minimum absolute atomic E-state index is 0.0168. The number of likely N-dealkylation sites (tertiary alicyclic amines) is 1. The van der Waals surface area contributed by atoms with Gasteiger partial charge in [-0.2, -0.15) is 13.2 Å². The first-order valence-electron chi connectivity index (χ1n) is 10.2.